The molecule has 0 aliphatic carbocycles. The van der Waals surface area contributed by atoms with E-state index < -0.39 is 29.1 Å². The first-order valence-electron chi connectivity index (χ1n) is 7.94. The van der Waals surface area contributed by atoms with Gasteiger partial charge in [0.1, 0.15) is 12.4 Å². The molecule has 1 amide bonds. The first-order chi connectivity index (χ1) is 12.7. The van der Waals surface area contributed by atoms with Gasteiger partial charge in [-0.05, 0) is 35.9 Å². The molecule has 2 aromatic rings. The van der Waals surface area contributed by atoms with Crippen LogP contribution in [0.15, 0.2) is 30.3 Å². The number of hydrogen-bond donors (Lipinski definition) is 5. The maximum absolute atomic E-state index is 12.3. The Morgan fingerprint density at radius 3 is 2.25 bits per heavy atom. The summed E-state index contributed by atoms with van der Waals surface area (Å²) in [6.07, 6.45) is 0. The molecule has 0 fully saturated rings. The smallest absolute Gasteiger partial charge is 0.336 e. The van der Waals surface area contributed by atoms with Crippen molar-refractivity contribution in [1.82, 2.24) is 4.90 Å². The van der Waals surface area contributed by atoms with Crippen molar-refractivity contribution in [3.63, 3.8) is 0 Å². The van der Waals surface area contributed by atoms with Gasteiger partial charge in [0, 0.05) is 51.9 Å². The summed E-state index contributed by atoms with van der Waals surface area (Å²) in [5.41, 5.74) is 6.08. The van der Waals surface area contributed by atoms with E-state index in [1.165, 1.54) is 30.1 Å². The molecule has 0 heterocycles. The molecule has 0 saturated heterocycles. The zero-order valence-electron chi connectivity index (χ0n) is 15.1. The number of carbonyl (C=O) groups excluding carboxylic acids is 1. The zero-order valence-corrected chi connectivity index (χ0v) is 18.0. The third-order valence-corrected chi connectivity index (χ3v) is 3.89. The van der Waals surface area contributed by atoms with E-state index in [1.807, 2.05) is 0 Å². The number of ether oxygens (including phenoxy) is 1. The van der Waals surface area contributed by atoms with Crippen LogP contribution >= 0.6 is 0 Å². The Morgan fingerprint density at radius 2 is 1.71 bits per heavy atom. The number of carboxylic acids is 1. The third-order valence-electron chi connectivity index (χ3n) is 3.89. The van der Waals surface area contributed by atoms with E-state index in [0.29, 0.717) is 11.3 Å². The summed E-state index contributed by atoms with van der Waals surface area (Å²) in [5, 5.41) is 37.4. The molecule has 1 radical (unpaired) electrons. The normalized spacial score (nSPS) is 10.1. The number of likely N-dealkylation sites (N-methyl/N-ethyl adjacent to an activating group) is 1. The molecule has 9 nitrogen and oxygen atoms in total. The monoisotopic (exact) mass is 465 g/mol. The van der Waals surface area contributed by atoms with Crippen LogP contribution in [0.1, 0.15) is 26.3 Å². The van der Waals surface area contributed by atoms with Crippen LogP contribution in [0, 0.1) is 0 Å². The molecule has 6 N–H and O–H groups in total. The fraction of sp³-hybridized carbons (Fsp3) is 0.222. The van der Waals surface area contributed by atoms with Crippen LogP contribution in [-0.2, 0) is 39.3 Å². The minimum Gasteiger partial charge on any atom is -0.504 e. The number of aromatic carboxylic acids is 1. The summed E-state index contributed by atoms with van der Waals surface area (Å²) in [6, 6.07) is 6.53. The zero-order chi connectivity index (χ0) is 20.1. The number of phenols is 3. The summed E-state index contributed by atoms with van der Waals surface area (Å²) < 4.78 is 5.53. The fourth-order valence-corrected chi connectivity index (χ4v) is 2.39. The van der Waals surface area contributed by atoms with Crippen LogP contribution in [0.3, 0.4) is 0 Å². The van der Waals surface area contributed by atoms with Crippen molar-refractivity contribution in [2.24, 2.45) is 5.73 Å². The number of phenolic OH excluding ortho intramolecular Hbond substituents is 3. The van der Waals surface area contributed by atoms with Gasteiger partial charge in [-0.15, -0.1) is 0 Å². The number of carbonyl (C=O) groups is 2. The molecule has 0 aromatic heterocycles. The van der Waals surface area contributed by atoms with Gasteiger partial charge in [-0.3, -0.25) is 4.79 Å². The summed E-state index contributed by atoms with van der Waals surface area (Å²) >= 11 is 0. The van der Waals surface area contributed by atoms with E-state index in [4.69, 9.17) is 15.6 Å². The minimum atomic E-state index is -1.08. The van der Waals surface area contributed by atoms with Gasteiger partial charge in [-0.2, -0.15) is 0 Å². The Labute approximate surface area is 186 Å². The first-order valence-corrected chi connectivity index (χ1v) is 7.94. The van der Waals surface area contributed by atoms with Gasteiger partial charge >= 0.3 is 5.97 Å². The fourth-order valence-electron chi connectivity index (χ4n) is 2.39. The Hall–Kier alpha value is -2.36. The number of carboxylic acid groups (broad SMARTS) is 1. The van der Waals surface area contributed by atoms with E-state index in [2.05, 4.69) is 0 Å². The minimum absolute atomic E-state index is 0. The largest absolute Gasteiger partial charge is 0.504 e. The summed E-state index contributed by atoms with van der Waals surface area (Å²) in [4.78, 5) is 24.7. The molecule has 0 aliphatic rings. The third kappa shape index (κ3) is 5.57. The SMILES string of the molecule is CN(CCOc1ccc(C(=O)O)c(CN)c1)C(=O)c1cc(O)c(O)c(O)c1.[Y]. The van der Waals surface area contributed by atoms with Crippen LogP contribution in [0.5, 0.6) is 23.0 Å². The van der Waals surface area contributed by atoms with Gasteiger partial charge in [-0.25, -0.2) is 4.79 Å². The Kier molecular flexibility index (Phi) is 8.68. The topological polar surface area (TPSA) is 154 Å². The molecule has 0 saturated carbocycles. The number of nitrogens with zero attached hydrogens (tertiary/aromatic N) is 1. The molecule has 2 rings (SSSR count). The van der Waals surface area contributed by atoms with Gasteiger partial charge in [0.05, 0.1) is 12.1 Å². The quantitative estimate of drug-likeness (QED) is 0.381. The predicted octanol–water partition coefficient (Wildman–Crippen LogP) is 1.11. The van der Waals surface area contributed by atoms with Crippen molar-refractivity contribution in [2.45, 2.75) is 6.54 Å². The number of amides is 1. The van der Waals surface area contributed by atoms with Gasteiger partial charge in [-0.1, -0.05) is 0 Å². The van der Waals surface area contributed by atoms with E-state index in [1.54, 1.807) is 0 Å². The Morgan fingerprint density at radius 1 is 1.11 bits per heavy atom. The van der Waals surface area contributed by atoms with Crippen LogP contribution in [0.25, 0.3) is 0 Å². The molecular weight excluding hydrogens is 445 g/mol. The predicted molar refractivity (Wildman–Crippen MR) is 95.2 cm³/mol. The molecule has 28 heavy (non-hydrogen) atoms. The van der Waals surface area contributed by atoms with E-state index in [0.717, 1.165) is 12.1 Å². The second kappa shape index (κ2) is 10.3. The van der Waals surface area contributed by atoms with E-state index >= 15 is 0 Å². The number of rotatable bonds is 7. The molecule has 147 valence electrons. The maximum Gasteiger partial charge on any atom is 0.336 e. The first kappa shape index (κ1) is 23.7. The van der Waals surface area contributed by atoms with E-state index in [-0.39, 0.29) is 63.5 Å². The van der Waals surface area contributed by atoms with Gasteiger partial charge in [0.15, 0.2) is 17.2 Å². The number of hydrogen-bond acceptors (Lipinski definition) is 7. The molecule has 0 unspecified atom stereocenters. The molecule has 10 heteroatoms. The summed E-state index contributed by atoms with van der Waals surface area (Å²) in [6.45, 7) is 0.347. The van der Waals surface area contributed by atoms with Crippen molar-refractivity contribution < 1.29 is 67.5 Å². The van der Waals surface area contributed by atoms with Crippen molar-refractivity contribution in [2.75, 3.05) is 20.2 Å². The molecule has 0 atom stereocenters. The Balaban J connectivity index is 0.00000392. The van der Waals surface area contributed by atoms with Crippen LogP contribution in [0.4, 0.5) is 0 Å². The van der Waals surface area contributed by atoms with Crippen molar-refractivity contribution in [3.05, 3.63) is 47.0 Å². The second-order valence-electron chi connectivity index (χ2n) is 5.77. The molecule has 2 aromatic carbocycles. The average Bonchev–Trinajstić information content (AvgIpc) is 2.64. The van der Waals surface area contributed by atoms with E-state index in [9.17, 15) is 24.9 Å². The van der Waals surface area contributed by atoms with Gasteiger partial charge < -0.3 is 35.8 Å². The Bertz CT molecular complexity index is 850. The molecule has 0 bridgehead atoms. The number of nitrogens with two attached hydrogens (primary N) is 1. The molecule has 0 spiro atoms. The van der Waals surface area contributed by atoms with Crippen LogP contribution in [0.2, 0.25) is 0 Å². The maximum atomic E-state index is 12.3. The van der Waals surface area contributed by atoms with Gasteiger partial charge in [0.2, 0.25) is 0 Å². The van der Waals surface area contributed by atoms with Crippen molar-refractivity contribution in [1.29, 1.82) is 0 Å². The summed E-state index contributed by atoms with van der Waals surface area (Å²) in [7, 11) is 1.51. The molecular formula is C18H20N2O7Y. The number of aromatic hydroxyl groups is 3. The summed E-state index contributed by atoms with van der Waals surface area (Å²) in [5.74, 6) is -3.05. The van der Waals surface area contributed by atoms with Crippen LogP contribution < -0.4 is 10.5 Å². The number of benzene rings is 2. The molecule has 0 aliphatic heterocycles. The van der Waals surface area contributed by atoms with Gasteiger partial charge in [0.25, 0.3) is 5.91 Å². The van der Waals surface area contributed by atoms with Crippen molar-refractivity contribution >= 4 is 11.9 Å². The second-order valence-corrected chi connectivity index (χ2v) is 5.77. The standard InChI is InChI=1S/C18H20N2O7.Y/c1-20(17(24)10-7-14(21)16(23)15(22)8-10)4-5-27-12-2-3-13(18(25)26)11(6-12)9-19;/h2-3,6-8,21-23H,4-5,9,19H2,1H3,(H,25,26);. The average molecular weight is 465 g/mol. The van der Waals surface area contributed by atoms with Crippen LogP contribution in [-0.4, -0.2) is 57.4 Å². The van der Waals surface area contributed by atoms with Crippen molar-refractivity contribution in [3.8, 4) is 23.0 Å².